The van der Waals surface area contributed by atoms with Gasteiger partial charge in [-0.2, -0.15) is 0 Å². The maximum atomic E-state index is 12.1. The Kier molecular flexibility index (Phi) is 4.39. The number of aromatic amines is 1. The van der Waals surface area contributed by atoms with Gasteiger partial charge in [0.25, 0.3) is 0 Å². The summed E-state index contributed by atoms with van der Waals surface area (Å²) in [5.41, 5.74) is 2.82. The second-order valence-electron chi connectivity index (χ2n) is 5.62. The summed E-state index contributed by atoms with van der Waals surface area (Å²) in [7, 11) is 0. The lowest BCUT2D eigenvalue weighted by molar-refractivity contribution is 0.678. The molecule has 4 rings (SSSR count). The van der Waals surface area contributed by atoms with Crippen molar-refractivity contribution in [2.75, 3.05) is 5.75 Å². The quantitative estimate of drug-likeness (QED) is 0.428. The highest BCUT2D eigenvalue weighted by Gasteiger charge is 2.08. The molecular formula is C18H17N5OS. The Bertz CT molecular complexity index is 1030. The highest BCUT2D eigenvalue weighted by atomic mass is 32.2. The van der Waals surface area contributed by atoms with E-state index >= 15 is 0 Å². The van der Waals surface area contributed by atoms with Gasteiger partial charge in [-0.15, -0.1) is 10.2 Å². The Balaban J connectivity index is 1.41. The topological polar surface area (TPSA) is 68.5 Å². The SMILES string of the molecule is O=c1[nH]c2ccccc2n1CCCSc1nncn1-c1ccccc1. The number of nitrogens with one attached hydrogen (secondary N) is 1. The summed E-state index contributed by atoms with van der Waals surface area (Å²) in [6.07, 6.45) is 2.59. The summed E-state index contributed by atoms with van der Waals surface area (Å²) < 4.78 is 3.76. The number of fused-ring (bicyclic) bond motifs is 1. The van der Waals surface area contributed by atoms with Crippen molar-refractivity contribution in [3.8, 4) is 5.69 Å². The van der Waals surface area contributed by atoms with Crippen LogP contribution in [-0.4, -0.2) is 30.1 Å². The van der Waals surface area contributed by atoms with Crippen LogP contribution in [0.1, 0.15) is 6.42 Å². The molecule has 0 atom stereocenters. The molecular weight excluding hydrogens is 334 g/mol. The van der Waals surface area contributed by atoms with Crippen LogP contribution in [0.5, 0.6) is 0 Å². The van der Waals surface area contributed by atoms with Crippen molar-refractivity contribution in [1.29, 1.82) is 0 Å². The third kappa shape index (κ3) is 3.23. The molecule has 0 spiro atoms. The van der Waals surface area contributed by atoms with Crippen molar-refractivity contribution in [1.82, 2.24) is 24.3 Å². The smallest absolute Gasteiger partial charge is 0.306 e. The fraction of sp³-hybridized carbons (Fsp3) is 0.167. The molecule has 0 bridgehead atoms. The number of rotatable bonds is 6. The predicted octanol–water partition coefficient (Wildman–Crippen LogP) is 3.09. The number of nitrogens with zero attached hydrogens (tertiary/aromatic N) is 4. The fourth-order valence-electron chi connectivity index (χ4n) is 2.80. The number of H-pyrrole nitrogens is 1. The molecule has 0 saturated heterocycles. The minimum absolute atomic E-state index is 0.0568. The van der Waals surface area contributed by atoms with Crippen molar-refractivity contribution in [3.63, 3.8) is 0 Å². The molecule has 4 aromatic rings. The highest BCUT2D eigenvalue weighted by Crippen LogP contribution is 2.20. The Morgan fingerprint density at radius 1 is 1.04 bits per heavy atom. The van der Waals surface area contributed by atoms with E-state index in [1.165, 1.54) is 0 Å². The number of benzene rings is 2. The van der Waals surface area contributed by atoms with Gasteiger partial charge >= 0.3 is 5.69 Å². The van der Waals surface area contributed by atoms with Crippen LogP contribution in [0.25, 0.3) is 16.7 Å². The van der Waals surface area contributed by atoms with Crippen molar-refractivity contribution in [2.24, 2.45) is 0 Å². The Hall–Kier alpha value is -2.80. The third-order valence-corrected chi connectivity index (χ3v) is 5.02. The van der Waals surface area contributed by atoms with Gasteiger partial charge in [-0.1, -0.05) is 42.1 Å². The molecule has 0 aliphatic carbocycles. The Morgan fingerprint density at radius 2 is 1.84 bits per heavy atom. The molecule has 1 N–H and O–H groups in total. The minimum atomic E-state index is -0.0568. The van der Waals surface area contributed by atoms with E-state index in [1.54, 1.807) is 22.7 Å². The zero-order valence-electron chi connectivity index (χ0n) is 13.5. The van der Waals surface area contributed by atoms with Gasteiger partial charge in [-0.25, -0.2) is 4.79 Å². The first-order valence-corrected chi connectivity index (χ1v) is 9.07. The molecule has 0 aliphatic heterocycles. The van der Waals surface area contributed by atoms with Gasteiger partial charge in [0.2, 0.25) is 0 Å². The van der Waals surface area contributed by atoms with E-state index in [1.807, 2.05) is 59.2 Å². The molecule has 0 amide bonds. The average molecular weight is 351 g/mol. The van der Waals surface area contributed by atoms with Crippen molar-refractivity contribution < 1.29 is 0 Å². The number of aryl methyl sites for hydroxylation is 1. The predicted molar refractivity (Wildman–Crippen MR) is 99.3 cm³/mol. The molecule has 0 fully saturated rings. The molecule has 0 unspecified atom stereocenters. The summed E-state index contributed by atoms with van der Waals surface area (Å²) >= 11 is 1.65. The van der Waals surface area contributed by atoms with Gasteiger partial charge in [0.1, 0.15) is 6.33 Å². The van der Waals surface area contributed by atoms with E-state index in [9.17, 15) is 4.79 Å². The average Bonchev–Trinajstić information content (AvgIpc) is 3.23. The number of hydrogen-bond donors (Lipinski definition) is 1. The van der Waals surface area contributed by atoms with Crippen molar-refractivity contribution in [3.05, 3.63) is 71.4 Å². The number of imidazole rings is 1. The first kappa shape index (κ1) is 15.7. The first-order chi connectivity index (χ1) is 12.3. The van der Waals surface area contributed by atoms with Crippen LogP contribution in [0.15, 0.2) is 70.9 Å². The first-order valence-electron chi connectivity index (χ1n) is 8.09. The normalized spacial score (nSPS) is 11.2. The lowest BCUT2D eigenvalue weighted by Crippen LogP contribution is -2.17. The van der Waals surface area contributed by atoms with Crippen LogP contribution in [0.2, 0.25) is 0 Å². The minimum Gasteiger partial charge on any atom is -0.306 e. The van der Waals surface area contributed by atoms with Crippen LogP contribution < -0.4 is 5.69 Å². The van der Waals surface area contributed by atoms with Gasteiger partial charge in [-0.05, 0) is 30.7 Å². The lowest BCUT2D eigenvalue weighted by Gasteiger charge is -2.06. The van der Waals surface area contributed by atoms with Gasteiger partial charge in [-0.3, -0.25) is 9.13 Å². The molecule has 0 radical (unpaired) electrons. The van der Waals surface area contributed by atoms with E-state index in [-0.39, 0.29) is 5.69 Å². The molecule has 0 aliphatic rings. The van der Waals surface area contributed by atoms with Crippen LogP contribution in [-0.2, 0) is 6.54 Å². The molecule has 126 valence electrons. The maximum Gasteiger partial charge on any atom is 0.326 e. The lowest BCUT2D eigenvalue weighted by atomic mass is 10.3. The molecule has 6 nitrogen and oxygen atoms in total. The summed E-state index contributed by atoms with van der Waals surface area (Å²) in [4.78, 5) is 15.0. The summed E-state index contributed by atoms with van der Waals surface area (Å²) in [6, 6.07) is 17.8. The van der Waals surface area contributed by atoms with Crippen LogP contribution in [0.4, 0.5) is 0 Å². The Morgan fingerprint density at radius 3 is 2.72 bits per heavy atom. The molecule has 2 heterocycles. The van der Waals surface area contributed by atoms with Crippen LogP contribution in [0.3, 0.4) is 0 Å². The van der Waals surface area contributed by atoms with Crippen molar-refractivity contribution in [2.45, 2.75) is 18.1 Å². The van der Waals surface area contributed by atoms with E-state index in [0.29, 0.717) is 6.54 Å². The van der Waals surface area contributed by atoms with Gasteiger partial charge < -0.3 is 4.98 Å². The fourth-order valence-corrected chi connectivity index (χ4v) is 3.66. The molecule has 7 heteroatoms. The molecule has 25 heavy (non-hydrogen) atoms. The number of hydrogen-bond acceptors (Lipinski definition) is 4. The van der Waals surface area contributed by atoms with E-state index < -0.39 is 0 Å². The van der Waals surface area contributed by atoms with Gasteiger partial charge in [0.05, 0.1) is 11.0 Å². The molecule has 2 aromatic carbocycles. The largest absolute Gasteiger partial charge is 0.326 e. The zero-order valence-corrected chi connectivity index (χ0v) is 14.3. The van der Waals surface area contributed by atoms with E-state index in [0.717, 1.165) is 34.1 Å². The second kappa shape index (κ2) is 6.98. The van der Waals surface area contributed by atoms with Gasteiger partial charge in [0, 0.05) is 18.0 Å². The number of aromatic nitrogens is 5. The van der Waals surface area contributed by atoms with E-state index in [2.05, 4.69) is 15.2 Å². The molecule has 0 saturated carbocycles. The summed E-state index contributed by atoms with van der Waals surface area (Å²) in [6.45, 7) is 0.676. The summed E-state index contributed by atoms with van der Waals surface area (Å²) in [5.74, 6) is 0.859. The maximum absolute atomic E-state index is 12.1. The highest BCUT2D eigenvalue weighted by molar-refractivity contribution is 7.99. The Labute approximate surface area is 148 Å². The van der Waals surface area contributed by atoms with Crippen LogP contribution in [0, 0.1) is 0 Å². The number of para-hydroxylation sites is 3. The summed E-state index contributed by atoms with van der Waals surface area (Å²) in [5, 5.41) is 9.07. The third-order valence-electron chi connectivity index (χ3n) is 3.99. The zero-order chi connectivity index (χ0) is 17.1. The number of thioether (sulfide) groups is 1. The van der Waals surface area contributed by atoms with Crippen LogP contribution >= 0.6 is 11.8 Å². The molecule has 2 aromatic heterocycles. The van der Waals surface area contributed by atoms with Crippen molar-refractivity contribution >= 4 is 22.8 Å². The van der Waals surface area contributed by atoms with Gasteiger partial charge in [0.15, 0.2) is 5.16 Å². The standard InChI is InChI=1S/C18H17N5OS/c24-17-20-15-9-4-5-10-16(15)22(17)11-6-12-25-18-21-19-13-23(18)14-7-2-1-3-8-14/h1-5,7-10,13H,6,11-12H2,(H,20,24). The monoisotopic (exact) mass is 351 g/mol. The second-order valence-corrected chi connectivity index (χ2v) is 6.68. The van der Waals surface area contributed by atoms with E-state index in [4.69, 9.17) is 0 Å².